The highest BCUT2D eigenvalue weighted by molar-refractivity contribution is 6.08. The van der Waals surface area contributed by atoms with E-state index in [-0.39, 0.29) is 11.7 Å². The fourth-order valence-electron chi connectivity index (χ4n) is 0.798. The van der Waals surface area contributed by atoms with Gasteiger partial charge in [0, 0.05) is 5.92 Å². The molecule has 0 rings (SSSR count). The average molecular weight is 138 g/mol. The molecular formula is C8H15BO. The Kier molecular flexibility index (Phi) is 5.37. The summed E-state index contributed by atoms with van der Waals surface area (Å²) in [5.74, 6) is 0.517. The normalized spacial score (nSPS) is 13.0. The third-order valence-electron chi connectivity index (χ3n) is 1.79. The highest BCUT2D eigenvalue weighted by Crippen LogP contribution is 2.09. The van der Waals surface area contributed by atoms with Crippen LogP contribution in [-0.4, -0.2) is 13.6 Å². The van der Waals surface area contributed by atoms with Gasteiger partial charge >= 0.3 is 0 Å². The molecule has 1 unspecified atom stereocenters. The van der Waals surface area contributed by atoms with Gasteiger partial charge in [0.2, 0.25) is 0 Å². The van der Waals surface area contributed by atoms with Gasteiger partial charge < -0.3 is 0 Å². The van der Waals surface area contributed by atoms with Crippen LogP contribution in [0, 0.1) is 5.92 Å². The molecule has 0 saturated heterocycles. The van der Waals surface area contributed by atoms with Crippen LogP contribution in [0.4, 0.5) is 0 Å². The smallest absolute Gasteiger partial charge is 0.132 e. The molecule has 1 nitrogen and oxygen atoms in total. The van der Waals surface area contributed by atoms with E-state index >= 15 is 0 Å². The van der Waals surface area contributed by atoms with Gasteiger partial charge in [-0.05, 0) is 13.3 Å². The number of ketones is 1. The van der Waals surface area contributed by atoms with Crippen molar-refractivity contribution < 1.29 is 4.79 Å². The minimum Gasteiger partial charge on any atom is -0.300 e. The van der Waals surface area contributed by atoms with Crippen LogP contribution < -0.4 is 0 Å². The van der Waals surface area contributed by atoms with Gasteiger partial charge in [-0.15, -0.1) is 0 Å². The first-order chi connectivity index (χ1) is 4.68. The molecule has 0 bridgehead atoms. The molecule has 0 fully saturated rings. The number of hydrogen-bond donors (Lipinski definition) is 0. The van der Waals surface area contributed by atoms with Crippen LogP contribution in [0.3, 0.4) is 0 Å². The van der Waals surface area contributed by atoms with Crippen molar-refractivity contribution in [1.29, 1.82) is 0 Å². The summed E-state index contributed by atoms with van der Waals surface area (Å²) in [6, 6.07) is 0. The predicted octanol–water partition coefficient (Wildman–Crippen LogP) is 1.97. The molecule has 0 aromatic carbocycles. The Balaban J connectivity index is 3.21. The topological polar surface area (TPSA) is 17.1 Å². The first-order valence-electron chi connectivity index (χ1n) is 3.89. The number of rotatable bonds is 5. The van der Waals surface area contributed by atoms with E-state index in [0.717, 1.165) is 25.6 Å². The lowest BCUT2D eigenvalue weighted by Crippen LogP contribution is -2.05. The van der Waals surface area contributed by atoms with Crippen molar-refractivity contribution in [3.05, 3.63) is 0 Å². The Hall–Kier alpha value is -0.265. The molecule has 0 aliphatic rings. The largest absolute Gasteiger partial charge is 0.300 e. The molecule has 10 heavy (non-hydrogen) atoms. The SMILES string of the molecule is [B]CCCCC(C)C(C)=O. The van der Waals surface area contributed by atoms with Crippen molar-refractivity contribution in [3.8, 4) is 0 Å². The van der Waals surface area contributed by atoms with Gasteiger partial charge in [-0.2, -0.15) is 0 Å². The molecule has 0 N–H and O–H groups in total. The number of unbranched alkanes of at least 4 members (excludes halogenated alkanes) is 1. The lowest BCUT2D eigenvalue weighted by molar-refractivity contribution is -0.120. The second-order valence-corrected chi connectivity index (χ2v) is 2.80. The number of Topliss-reactive ketones (excluding diaryl/α,β-unsaturated/α-hetero) is 1. The third kappa shape index (κ3) is 4.60. The summed E-state index contributed by atoms with van der Waals surface area (Å²) in [7, 11) is 5.31. The van der Waals surface area contributed by atoms with Gasteiger partial charge in [-0.3, -0.25) is 4.79 Å². The Bertz CT molecular complexity index is 101. The molecule has 0 aliphatic heterocycles. The van der Waals surface area contributed by atoms with E-state index in [1.807, 2.05) is 6.92 Å². The quantitative estimate of drug-likeness (QED) is 0.419. The molecule has 2 radical (unpaired) electrons. The van der Waals surface area contributed by atoms with Crippen LogP contribution in [0.15, 0.2) is 0 Å². The van der Waals surface area contributed by atoms with E-state index in [4.69, 9.17) is 7.85 Å². The molecule has 0 saturated carbocycles. The summed E-state index contributed by atoms with van der Waals surface area (Å²) in [5, 5.41) is 0. The molecular weight excluding hydrogens is 123 g/mol. The summed E-state index contributed by atoms with van der Waals surface area (Å²) in [5.41, 5.74) is 0. The second-order valence-electron chi connectivity index (χ2n) is 2.80. The Morgan fingerprint density at radius 1 is 1.50 bits per heavy atom. The van der Waals surface area contributed by atoms with E-state index in [9.17, 15) is 4.79 Å². The van der Waals surface area contributed by atoms with Gasteiger partial charge in [0.05, 0.1) is 7.85 Å². The first kappa shape index (κ1) is 9.73. The maximum absolute atomic E-state index is 10.7. The van der Waals surface area contributed by atoms with Crippen LogP contribution in [0.5, 0.6) is 0 Å². The highest BCUT2D eigenvalue weighted by atomic mass is 16.1. The Labute approximate surface area is 64.6 Å². The van der Waals surface area contributed by atoms with E-state index in [0.29, 0.717) is 0 Å². The average Bonchev–Trinajstić information content (AvgIpc) is 1.88. The van der Waals surface area contributed by atoms with E-state index in [1.165, 1.54) is 0 Å². The highest BCUT2D eigenvalue weighted by Gasteiger charge is 2.05. The zero-order valence-electron chi connectivity index (χ0n) is 6.89. The van der Waals surface area contributed by atoms with Crippen molar-refractivity contribution in [2.24, 2.45) is 5.92 Å². The van der Waals surface area contributed by atoms with Crippen LogP contribution in [0.2, 0.25) is 6.32 Å². The van der Waals surface area contributed by atoms with E-state index < -0.39 is 0 Å². The minimum atomic E-state index is 0.228. The van der Waals surface area contributed by atoms with Crippen molar-refractivity contribution in [2.75, 3.05) is 0 Å². The summed E-state index contributed by atoms with van der Waals surface area (Å²) in [4.78, 5) is 10.7. The first-order valence-corrected chi connectivity index (χ1v) is 3.89. The molecule has 2 heteroatoms. The molecule has 0 aromatic heterocycles. The van der Waals surface area contributed by atoms with Gasteiger partial charge in [0.1, 0.15) is 5.78 Å². The molecule has 0 aromatic rings. The van der Waals surface area contributed by atoms with Gasteiger partial charge in [-0.1, -0.05) is 26.1 Å². The standard InChI is InChI=1S/C8H15BO/c1-7(8(2)10)5-3-4-6-9/h7H,3-6H2,1-2H3. The van der Waals surface area contributed by atoms with Gasteiger partial charge in [0.15, 0.2) is 0 Å². The molecule has 0 heterocycles. The molecule has 0 aliphatic carbocycles. The van der Waals surface area contributed by atoms with Crippen molar-refractivity contribution in [2.45, 2.75) is 39.4 Å². The third-order valence-corrected chi connectivity index (χ3v) is 1.79. The zero-order chi connectivity index (χ0) is 7.98. The van der Waals surface area contributed by atoms with E-state index in [2.05, 4.69) is 0 Å². The number of carbonyl (C=O) groups excluding carboxylic acids is 1. The lowest BCUT2D eigenvalue weighted by Gasteiger charge is -2.04. The monoisotopic (exact) mass is 138 g/mol. The van der Waals surface area contributed by atoms with Crippen molar-refractivity contribution in [1.82, 2.24) is 0 Å². The fraction of sp³-hybridized carbons (Fsp3) is 0.875. The van der Waals surface area contributed by atoms with Crippen LogP contribution >= 0.6 is 0 Å². The maximum atomic E-state index is 10.7. The fourth-order valence-corrected chi connectivity index (χ4v) is 0.798. The summed E-state index contributed by atoms with van der Waals surface area (Å²) < 4.78 is 0. The Morgan fingerprint density at radius 3 is 2.50 bits per heavy atom. The zero-order valence-corrected chi connectivity index (χ0v) is 6.89. The van der Waals surface area contributed by atoms with Gasteiger partial charge in [0.25, 0.3) is 0 Å². The van der Waals surface area contributed by atoms with Crippen molar-refractivity contribution in [3.63, 3.8) is 0 Å². The number of carbonyl (C=O) groups is 1. The number of hydrogen-bond acceptors (Lipinski definition) is 1. The van der Waals surface area contributed by atoms with E-state index in [1.54, 1.807) is 6.92 Å². The van der Waals surface area contributed by atoms with Gasteiger partial charge in [-0.25, -0.2) is 0 Å². The molecule has 0 amide bonds. The van der Waals surface area contributed by atoms with Crippen LogP contribution in [-0.2, 0) is 4.79 Å². The lowest BCUT2D eigenvalue weighted by atomic mass is 9.95. The molecule has 56 valence electrons. The molecule has 1 atom stereocenters. The van der Waals surface area contributed by atoms with Crippen molar-refractivity contribution >= 4 is 13.6 Å². The minimum absolute atomic E-state index is 0.228. The van der Waals surface area contributed by atoms with Crippen LogP contribution in [0.1, 0.15) is 33.1 Å². The summed E-state index contributed by atoms with van der Waals surface area (Å²) >= 11 is 0. The predicted molar refractivity (Wildman–Crippen MR) is 44.3 cm³/mol. The second kappa shape index (κ2) is 5.51. The van der Waals surface area contributed by atoms with Crippen LogP contribution in [0.25, 0.3) is 0 Å². The maximum Gasteiger partial charge on any atom is 0.132 e. The Morgan fingerprint density at radius 2 is 2.10 bits per heavy atom. The summed E-state index contributed by atoms with van der Waals surface area (Å²) in [6.07, 6.45) is 3.85. The summed E-state index contributed by atoms with van der Waals surface area (Å²) in [6.45, 7) is 3.62. The molecule has 0 spiro atoms.